The lowest BCUT2D eigenvalue weighted by molar-refractivity contribution is 0.0695. The molecule has 0 radical (unpaired) electrons. The van der Waals surface area contributed by atoms with Crippen LogP contribution in [0.3, 0.4) is 0 Å². The fourth-order valence-corrected chi connectivity index (χ4v) is 2.99. The van der Waals surface area contributed by atoms with E-state index in [2.05, 4.69) is 22.6 Å². The van der Waals surface area contributed by atoms with E-state index < -0.39 is 5.97 Å². The number of aromatic carboxylic acids is 1. The van der Waals surface area contributed by atoms with Crippen LogP contribution >= 0.6 is 33.9 Å². The average molecular weight is 282 g/mol. The predicted molar refractivity (Wildman–Crippen MR) is 53.5 cm³/mol. The minimum atomic E-state index is -0.823. The molecule has 1 heterocycles. The largest absolute Gasteiger partial charge is 0.478 e. The van der Waals surface area contributed by atoms with Gasteiger partial charge < -0.3 is 5.11 Å². The summed E-state index contributed by atoms with van der Waals surface area (Å²) in [5, 5.41) is 8.76. The Labute approximate surface area is 82.4 Å². The topological polar surface area (TPSA) is 37.3 Å². The number of rotatable bonds is 1. The standard InChI is InChI=1S/C7H7IO2S/c1-3-5(7(9)10)6(8)4(2)11-3/h1-2H3,(H,9,10). The number of carbonyl (C=O) groups is 1. The van der Waals surface area contributed by atoms with Crippen LogP contribution in [0.5, 0.6) is 0 Å². The highest BCUT2D eigenvalue weighted by atomic mass is 127. The molecule has 1 aromatic heterocycles. The molecule has 0 unspecified atom stereocenters. The first-order chi connectivity index (χ1) is 5.04. The number of carboxylic acid groups (broad SMARTS) is 1. The molecule has 0 saturated heterocycles. The van der Waals surface area contributed by atoms with Gasteiger partial charge in [-0.25, -0.2) is 4.79 Å². The van der Waals surface area contributed by atoms with Crippen LogP contribution in [-0.4, -0.2) is 11.1 Å². The van der Waals surface area contributed by atoms with E-state index in [1.54, 1.807) is 0 Å². The Morgan fingerprint density at radius 1 is 1.45 bits per heavy atom. The molecule has 4 heteroatoms. The number of carboxylic acids is 1. The van der Waals surface area contributed by atoms with Crippen molar-refractivity contribution in [1.29, 1.82) is 0 Å². The first-order valence-corrected chi connectivity index (χ1v) is 4.92. The van der Waals surface area contributed by atoms with Crippen molar-refractivity contribution in [2.75, 3.05) is 0 Å². The highest BCUT2D eigenvalue weighted by Gasteiger charge is 2.16. The Morgan fingerprint density at radius 2 is 2.00 bits per heavy atom. The van der Waals surface area contributed by atoms with E-state index in [1.165, 1.54) is 11.3 Å². The van der Waals surface area contributed by atoms with Gasteiger partial charge in [-0.3, -0.25) is 0 Å². The second kappa shape index (κ2) is 3.10. The van der Waals surface area contributed by atoms with Crippen LogP contribution in [0.4, 0.5) is 0 Å². The van der Waals surface area contributed by atoms with Gasteiger partial charge >= 0.3 is 5.97 Å². The van der Waals surface area contributed by atoms with Crippen LogP contribution in [0, 0.1) is 17.4 Å². The molecule has 2 nitrogen and oxygen atoms in total. The molecule has 0 saturated carbocycles. The van der Waals surface area contributed by atoms with Gasteiger partial charge in [0, 0.05) is 13.3 Å². The van der Waals surface area contributed by atoms with E-state index >= 15 is 0 Å². The Balaban J connectivity index is 3.34. The summed E-state index contributed by atoms with van der Waals surface area (Å²) in [6.07, 6.45) is 0. The van der Waals surface area contributed by atoms with Crippen LogP contribution < -0.4 is 0 Å². The predicted octanol–water partition coefficient (Wildman–Crippen LogP) is 2.67. The molecule has 1 N–H and O–H groups in total. The van der Waals surface area contributed by atoms with Gasteiger partial charge in [0.1, 0.15) is 0 Å². The van der Waals surface area contributed by atoms with Crippen LogP contribution in [0.15, 0.2) is 0 Å². The molecule has 0 fully saturated rings. The third kappa shape index (κ3) is 1.56. The van der Waals surface area contributed by atoms with Gasteiger partial charge in [0.05, 0.1) is 5.56 Å². The maximum absolute atomic E-state index is 10.7. The Morgan fingerprint density at radius 3 is 2.18 bits per heavy atom. The minimum Gasteiger partial charge on any atom is -0.478 e. The Bertz CT molecular complexity index is 304. The van der Waals surface area contributed by atoms with Gasteiger partial charge in [-0.1, -0.05) is 0 Å². The van der Waals surface area contributed by atoms with Gasteiger partial charge in [0.15, 0.2) is 0 Å². The van der Waals surface area contributed by atoms with Crippen molar-refractivity contribution in [1.82, 2.24) is 0 Å². The van der Waals surface area contributed by atoms with Crippen molar-refractivity contribution in [3.63, 3.8) is 0 Å². The lowest BCUT2D eigenvalue weighted by atomic mass is 10.2. The molecule has 0 amide bonds. The van der Waals surface area contributed by atoms with E-state index in [4.69, 9.17) is 5.11 Å². The molecule has 0 atom stereocenters. The van der Waals surface area contributed by atoms with Crippen molar-refractivity contribution in [2.45, 2.75) is 13.8 Å². The zero-order chi connectivity index (χ0) is 8.59. The van der Waals surface area contributed by atoms with E-state index in [0.29, 0.717) is 5.56 Å². The molecule has 0 aliphatic rings. The first kappa shape index (κ1) is 8.99. The molecule has 0 spiro atoms. The summed E-state index contributed by atoms with van der Waals surface area (Å²) in [5.74, 6) is -0.823. The molecule has 1 rings (SSSR count). The molecule has 0 aliphatic carbocycles. The van der Waals surface area contributed by atoms with E-state index in [-0.39, 0.29) is 0 Å². The monoisotopic (exact) mass is 282 g/mol. The zero-order valence-corrected chi connectivity index (χ0v) is 9.12. The van der Waals surface area contributed by atoms with Crippen LogP contribution in [0.1, 0.15) is 20.1 Å². The van der Waals surface area contributed by atoms with Crippen molar-refractivity contribution < 1.29 is 9.90 Å². The van der Waals surface area contributed by atoms with Crippen LogP contribution in [0.25, 0.3) is 0 Å². The maximum atomic E-state index is 10.7. The molecule has 60 valence electrons. The highest BCUT2D eigenvalue weighted by Crippen LogP contribution is 2.28. The third-order valence-corrected chi connectivity index (χ3v) is 4.14. The summed E-state index contributed by atoms with van der Waals surface area (Å²) >= 11 is 3.61. The average Bonchev–Trinajstić information content (AvgIpc) is 2.07. The van der Waals surface area contributed by atoms with Crippen LogP contribution in [-0.2, 0) is 0 Å². The molecular weight excluding hydrogens is 275 g/mol. The second-order valence-corrected chi connectivity index (χ2v) is 4.72. The molecule has 1 aromatic rings. The van der Waals surface area contributed by atoms with Gasteiger partial charge in [-0.15, -0.1) is 11.3 Å². The van der Waals surface area contributed by atoms with Crippen LogP contribution in [0.2, 0.25) is 0 Å². The fourth-order valence-electron chi connectivity index (χ4n) is 0.901. The SMILES string of the molecule is Cc1sc(C)c(C(=O)O)c1I. The summed E-state index contributed by atoms with van der Waals surface area (Å²) < 4.78 is 0.873. The summed E-state index contributed by atoms with van der Waals surface area (Å²) in [6, 6.07) is 0. The van der Waals surface area contributed by atoms with Crippen molar-refractivity contribution in [3.05, 3.63) is 18.9 Å². The fraction of sp³-hybridized carbons (Fsp3) is 0.286. The van der Waals surface area contributed by atoms with E-state index in [1.807, 2.05) is 13.8 Å². The van der Waals surface area contributed by atoms with E-state index in [9.17, 15) is 4.79 Å². The Hall–Kier alpha value is -0.100. The minimum absolute atomic E-state index is 0.466. The van der Waals surface area contributed by atoms with Gasteiger partial charge in [-0.2, -0.15) is 0 Å². The smallest absolute Gasteiger partial charge is 0.337 e. The number of aryl methyl sites for hydroxylation is 2. The van der Waals surface area contributed by atoms with Gasteiger partial charge in [-0.05, 0) is 36.4 Å². The van der Waals surface area contributed by atoms with Crippen molar-refractivity contribution in [3.8, 4) is 0 Å². The quantitative estimate of drug-likeness (QED) is 0.804. The zero-order valence-electron chi connectivity index (χ0n) is 6.14. The molecule has 11 heavy (non-hydrogen) atoms. The second-order valence-electron chi connectivity index (χ2n) is 2.21. The summed E-state index contributed by atoms with van der Waals surface area (Å²) in [7, 11) is 0. The summed E-state index contributed by atoms with van der Waals surface area (Å²) in [6.45, 7) is 3.77. The normalized spacial score (nSPS) is 10.1. The summed E-state index contributed by atoms with van der Waals surface area (Å²) in [4.78, 5) is 12.6. The molecule has 0 aliphatic heterocycles. The lowest BCUT2D eigenvalue weighted by Crippen LogP contribution is -1.98. The summed E-state index contributed by atoms with van der Waals surface area (Å²) in [5.41, 5.74) is 0.466. The Kier molecular flexibility index (Phi) is 2.54. The maximum Gasteiger partial charge on any atom is 0.337 e. The van der Waals surface area contributed by atoms with Gasteiger partial charge in [0.25, 0.3) is 0 Å². The number of thiophene rings is 1. The van der Waals surface area contributed by atoms with E-state index in [0.717, 1.165) is 13.3 Å². The number of hydrogen-bond acceptors (Lipinski definition) is 2. The van der Waals surface area contributed by atoms with Gasteiger partial charge in [0.2, 0.25) is 0 Å². The molecule has 0 bridgehead atoms. The first-order valence-electron chi connectivity index (χ1n) is 3.02. The third-order valence-electron chi connectivity index (χ3n) is 1.40. The number of halogens is 1. The molecular formula is C7H7IO2S. The molecule has 0 aromatic carbocycles. The lowest BCUT2D eigenvalue weighted by Gasteiger charge is -1.91. The van der Waals surface area contributed by atoms with Crippen molar-refractivity contribution in [2.24, 2.45) is 0 Å². The number of hydrogen-bond donors (Lipinski definition) is 1. The van der Waals surface area contributed by atoms with Crippen molar-refractivity contribution >= 4 is 39.9 Å². The highest BCUT2D eigenvalue weighted by molar-refractivity contribution is 14.1.